The molecule has 1 aromatic rings. The maximum absolute atomic E-state index is 10.0. The molecular formula is C12H20N2O2. The summed E-state index contributed by atoms with van der Waals surface area (Å²) in [7, 11) is 3.69. The minimum absolute atomic E-state index is 0.0649. The van der Waals surface area contributed by atoms with Gasteiger partial charge in [0.25, 0.3) is 0 Å². The van der Waals surface area contributed by atoms with Crippen LogP contribution in [-0.2, 0) is 18.2 Å². The summed E-state index contributed by atoms with van der Waals surface area (Å²) in [5.41, 5.74) is -0.0649. The Morgan fingerprint density at radius 3 is 2.81 bits per heavy atom. The van der Waals surface area contributed by atoms with Gasteiger partial charge in [0.2, 0.25) is 0 Å². The first-order valence-electron chi connectivity index (χ1n) is 5.85. The maximum Gasteiger partial charge on any atom is 0.110 e. The monoisotopic (exact) mass is 224 g/mol. The van der Waals surface area contributed by atoms with Crippen LogP contribution in [0.2, 0.25) is 0 Å². The van der Waals surface area contributed by atoms with Gasteiger partial charge >= 0.3 is 0 Å². The molecule has 2 rings (SSSR count). The maximum atomic E-state index is 10.0. The molecule has 0 saturated heterocycles. The zero-order valence-electron chi connectivity index (χ0n) is 10.0. The minimum Gasteiger partial charge on any atom is -0.393 e. The second kappa shape index (κ2) is 4.55. The predicted octanol–water partition coefficient (Wildman–Crippen LogP) is 1.28. The first kappa shape index (κ1) is 11.6. The fourth-order valence-electron chi connectivity index (χ4n) is 2.37. The molecule has 4 heteroatoms. The molecule has 0 spiro atoms. The average Bonchev–Trinajstić information content (AvgIpc) is 2.58. The molecule has 0 amide bonds. The lowest BCUT2D eigenvalue weighted by Gasteiger charge is -2.41. The molecular weight excluding hydrogens is 204 g/mol. The molecule has 0 aromatic carbocycles. The first-order chi connectivity index (χ1) is 7.65. The lowest BCUT2D eigenvalue weighted by molar-refractivity contribution is -0.0991. The number of hydrogen-bond donors (Lipinski definition) is 1. The van der Waals surface area contributed by atoms with E-state index in [1.165, 1.54) is 6.42 Å². The van der Waals surface area contributed by atoms with Crippen LogP contribution in [-0.4, -0.2) is 33.5 Å². The van der Waals surface area contributed by atoms with E-state index in [9.17, 15) is 5.11 Å². The van der Waals surface area contributed by atoms with E-state index in [-0.39, 0.29) is 11.7 Å². The molecule has 90 valence electrons. The molecule has 4 nitrogen and oxygen atoms in total. The number of methoxy groups -OCH3 is 1. The standard InChI is InChI=1S/C12H20N2O2/c1-14-7-6-13-11(14)8-10(15)9-12(16-2)4-3-5-12/h6-7,10,15H,3-5,8-9H2,1-2H3. The zero-order chi connectivity index (χ0) is 11.6. The molecule has 1 aliphatic carbocycles. The van der Waals surface area contributed by atoms with Crippen molar-refractivity contribution in [3.05, 3.63) is 18.2 Å². The molecule has 0 bridgehead atoms. The number of aromatic nitrogens is 2. The lowest BCUT2D eigenvalue weighted by atomic mass is 9.76. The predicted molar refractivity (Wildman–Crippen MR) is 61.1 cm³/mol. The van der Waals surface area contributed by atoms with Crippen molar-refractivity contribution in [2.45, 2.75) is 43.8 Å². The third kappa shape index (κ3) is 2.28. The van der Waals surface area contributed by atoms with Gasteiger partial charge in [0.05, 0.1) is 11.7 Å². The molecule has 1 N–H and O–H groups in total. The van der Waals surface area contributed by atoms with Crippen LogP contribution in [0.3, 0.4) is 0 Å². The van der Waals surface area contributed by atoms with E-state index >= 15 is 0 Å². The Kier molecular flexibility index (Phi) is 3.30. The summed E-state index contributed by atoms with van der Waals surface area (Å²) >= 11 is 0. The molecule has 1 saturated carbocycles. The average molecular weight is 224 g/mol. The van der Waals surface area contributed by atoms with Gasteiger partial charge in [0.15, 0.2) is 0 Å². The summed E-state index contributed by atoms with van der Waals surface area (Å²) in [6, 6.07) is 0. The normalized spacial score (nSPS) is 20.4. The van der Waals surface area contributed by atoms with Crippen LogP contribution in [0, 0.1) is 0 Å². The fourth-order valence-corrected chi connectivity index (χ4v) is 2.37. The van der Waals surface area contributed by atoms with E-state index in [1.807, 2.05) is 17.8 Å². The van der Waals surface area contributed by atoms with E-state index in [1.54, 1.807) is 13.3 Å². The van der Waals surface area contributed by atoms with E-state index < -0.39 is 0 Å². The third-order valence-corrected chi connectivity index (χ3v) is 3.64. The number of aliphatic hydroxyl groups excluding tert-OH is 1. The molecule has 1 atom stereocenters. The van der Waals surface area contributed by atoms with Crippen molar-refractivity contribution in [1.29, 1.82) is 0 Å². The second-order valence-electron chi connectivity index (χ2n) is 4.76. The van der Waals surface area contributed by atoms with Gasteiger partial charge in [-0.15, -0.1) is 0 Å². The summed E-state index contributed by atoms with van der Waals surface area (Å²) in [6.07, 6.45) is 7.98. The van der Waals surface area contributed by atoms with Crippen LogP contribution < -0.4 is 0 Å². The Bertz CT molecular complexity index is 339. The van der Waals surface area contributed by atoms with Gasteiger partial charge in [0.1, 0.15) is 5.82 Å². The summed E-state index contributed by atoms with van der Waals surface area (Å²) in [4.78, 5) is 4.22. The van der Waals surface area contributed by atoms with Crippen LogP contribution in [0.1, 0.15) is 31.5 Å². The Labute approximate surface area is 96.3 Å². The van der Waals surface area contributed by atoms with Gasteiger partial charge in [-0.05, 0) is 19.3 Å². The van der Waals surface area contributed by atoms with Crippen LogP contribution >= 0.6 is 0 Å². The highest BCUT2D eigenvalue weighted by molar-refractivity contribution is 4.97. The lowest BCUT2D eigenvalue weighted by Crippen LogP contribution is -2.42. The van der Waals surface area contributed by atoms with Crippen LogP contribution in [0.5, 0.6) is 0 Å². The highest BCUT2D eigenvalue weighted by Crippen LogP contribution is 2.39. The fraction of sp³-hybridized carbons (Fsp3) is 0.750. The van der Waals surface area contributed by atoms with Gasteiger partial charge < -0.3 is 14.4 Å². The largest absolute Gasteiger partial charge is 0.393 e. The Balaban J connectivity index is 1.89. The number of imidazole rings is 1. The summed E-state index contributed by atoms with van der Waals surface area (Å²) in [6.45, 7) is 0. The molecule has 1 aromatic heterocycles. The van der Waals surface area contributed by atoms with Crippen molar-refractivity contribution >= 4 is 0 Å². The Hall–Kier alpha value is -0.870. The molecule has 0 aliphatic heterocycles. The highest BCUT2D eigenvalue weighted by atomic mass is 16.5. The molecule has 16 heavy (non-hydrogen) atoms. The van der Waals surface area contributed by atoms with Gasteiger partial charge in [-0.1, -0.05) is 0 Å². The van der Waals surface area contributed by atoms with Gasteiger partial charge in [-0.2, -0.15) is 0 Å². The van der Waals surface area contributed by atoms with Crippen molar-refractivity contribution in [1.82, 2.24) is 9.55 Å². The number of ether oxygens (including phenoxy) is 1. The van der Waals surface area contributed by atoms with Gasteiger partial charge in [0, 0.05) is 39.4 Å². The molecule has 0 radical (unpaired) electrons. The molecule has 1 aliphatic rings. The minimum atomic E-state index is -0.360. The number of aliphatic hydroxyl groups is 1. The van der Waals surface area contributed by atoms with Gasteiger partial charge in [-0.25, -0.2) is 4.98 Å². The highest BCUT2D eigenvalue weighted by Gasteiger charge is 2.38. The molecule has 1 heterocycles. The Morgan fingerprint density at radius 2 is 2.38 bits per heavy atom. The summed E-state index contributed by atoms with van der Waals surface area (Å²) in [5.74, 6) is 0.929. The van der Waals surface area contributed by atoms with Crippen molar-refractivity contribution in [3.8, 4) is 0 Å². The zero-order valence-corrected chi connectivity index (χ0v) is 10.0. The first-order valence-corrected chi connectivity index (χ1v) is 5.85. The Morgan fingerprint density at radius 1 is 1.62 bits per heavy atom. The van der Waals surface area contributed by atoms with Crippen molar-refractivity contribution < 1.29 is 9.84 Å². The smallest absolute Gasteiger partial charge is 0.110 e. The van der Waals surface area contributed by atoms with Crippen molar-refractivity contribution in [2.75, 3.05) is 7.11 Å². The quantitative estimate of drug-likeness (QED) is 0.819. The van der Waals surface area contributed by atoms with Crippen molar-refractivity contribution in [3.63, 3.8) is 0 Å². The number of rotatable bonds is 5. The number of nitrogens with zero attached hydrogens (tertiary/aromatic N) is 2. The number of aryl methyl sites for hydroxylation is 1. The topological polar surface area (TPSA) is 47.3 Å². The van der Waals surface area contributed by atoms with E-state index in [4.69, 9.17) is 4.74 Å². The summed E-state index contributed by atoms with van der Waals surface area (Å²) < 4.78 is 7.45. The van der Waals surface area contributed by atoms with Crippen molar-refractivity contribution in [2.24, 2.45) is 7.05 Å². The summed E-state index contributed by atoms with van der Waals surface area (Å²) in [5, 5.41) is 10.0. The van der Waals surface area contributed by atoms with Crippen LogP contribution in [0.15, 0.2) is 12.4 Å². The second-order valence-corrected chi connectivity index (χ2v) is 4.76. The molecule has 1 unspecified atom stereocenters. The molecule has 1 fully saturated rings. The number of hydrogen-bond acceptors (Lipinski definition) is 3. The van der Waals surface area contributed by atoms with Crippen LogP contribution in [0.4, 0.5) is 0 Å². The van der Waals surface area contributed by atoms with Crippen LogP contribution in [0.25, 0.3) is 0 Å². The van der Waals surface area contributed by atoms with Gasteiger partial charge in [-0.3, -0.25) is 0 Å². The third-order valence-electron chi connectivity index (χ3n) is 3.64. The SMILES string of the molecule is COC1(CC(O)Cc2nccn2C)CCC1. The van der Waals surface area contributed by atoms with E-state index in [0.29, 0.717) is 6.42 Å². The van der Waals surface area contributed by atoms with E-state index in [2.05, 4.69) is 4.98 Å². The van der Waals surface area contributed by atoms with E-state index in [0.717, 1.165) is 25.1 Å².